The molecule has 3 aromatic rings. The van der Waals surface area contributed by atoms with Crippen molar-refractivity contribution in [1.29, 1.82) is 0 Å². The molecule has 2 amide bonds. The minimum atomic E-state index is -4.67. The zero-order chi connectivity index (χ0) is 29.2. The molecular formula is C27H25ClF3N3O5S. The van der Waals surface area contributed by atoms with E-state index in [1.807, 2.05) is 0 Å². The van der Waals surface area contributed by atoms with Crippen molar-refractivity contribution in [1.82, 2.24) is 10.6 Å². The van der Waals surface area contributed by atoms with E-state index in [4.69, 9.17) is 16.3 Å². The van der Waals surface area contributed by atoms with Crippen LogP contribution in [0.3, 0.4) is 0 Å². The number of carbonyl (C=O) groups excluding carboxylic acids is 2. The van der Waals surface area contributed by atoms with Crippen LogP contribution < -0.4 is 19.7 Å². The first kappa shape index (κ1) is 29.2. The molecule has 3 aromatic carbocycles. The number of benzene rings is 3. The number of sulfonamides is 1. The maximum absolute atomic E-state index is 13.5. The van der Waals surface area contributed by atoms with Crippen LogP contribution in [0, 0.1) is 6.92 Å². The molecule has 1 heterocycles. The fourth-order valence-corrected chi connectivity index (χ4v) is 6.05. The van der Waals surface area contributed by atoms with E-state index >= 15 is 0 Å². The molecule has 0 saturated carbocycles. The smallest absolute Gasteiger partial charge is 0.416 e. The lowest BCUT2D eigenvalue weighted by Crippen LogP contribution is -2.38. The molecule has 8 nitrogen and oxygen atoms in total. The highest BCUT2D eigenvalue weighted by atomic mass is 35.5. The van der Waals surface area contributed by atoms with Gasteiger partial charge in [-0.3, -0.25) is 13.9 Å². The van der Waals surface area contributed by atoms with Gasteiger partial charge in [0.1, 0.15) is 12.4 Å². The molecule has 1 aliphatic heterocycles. The first-order valence-corrected chi connectivity index (χ1v) is 13.9. The molecule has 1 atom stereocenters. The minimum Gasteiger partial charge on any atom is -0.489 e. The Bertz CT molecular complexity index is 1560. The SMILES string of the molecule is CNC(=O)C[C@H](NC(=O)c1ccc2c(c1)N(S(=O)(=O)c1cccc(C)c1)CCO2)c1cc(C(F)(F)F)ccc1Cl. The number of nitrogens with one attached hydrogen (secondary N) is 2. The number of hydrogen-bond acceptors (Lipinski definition) is 5. The molecule has 0 fully saturated rings. The molecule has 0 bridgehead atoms. The third kappa shape index (κ3) is 6.18. The van der Waals surface area contributed by atoms with Gasteiger partial charge in [-0.2, -0.15) is 13.2 Å². The van der Waals surface area contributed by atoms with E-state index in [9.17, 15) is 31.2 Å². The molecule has 0 saturated heterocycles. The van der Waals surface area contributed by atoms with Crippen LogP contribution in [0.5, 0.6) is 5.75 Å². The summed E-state index contributed by atoms with van der Waals surface area (Å²) < 4.78 is 73.8. The quantitative estimate of drug-likeness (QED) is 0.406. The fourth-order valence-electron chi connectivity index (χ4n) is 4.24. The number of aryl methyl sites for hydroxylation is 1. The number of alkyl halides is 3. The largest absolute Gasteiger partial charge is 0.489 e. The van der Waals surface area contributed by atoms with Gasteiger partial charge in [0.15, 0.2) is 0 Å². The monoisotopic (exact) mass is 595 g/mol. The predicted molar refractivity (Wildman–Crippen MR) is 143 cm³/mol. The number of ether oxygens (including phenoxy) is 1. The number of carbonyl (C=O) groups is 2. The predicted octanol–water partition coefficient (Wildman–Crippen LogP) is 4.86. The summed E-state index contributed by atoms with van der Waals surface area (Å²) in [6.07, 6.45) is -5.07. The molecule has 13 heteroatoms. The maximum atomic E-state index is 13.5. The van der Waals surface area contributed by atoms with Gasteiger partial charge in [-0.1, -0.05) is 23.7 Å². The van der Waals surface area contributed by atoms with Crippen molar-refractivity contribution < 1.29 is 35.9 Å². The molecule has 40 heavy (non-hydrogen) atoms. The molecule has 0 radical (unpaired) electrons. The number of anilines is 1. The van der Waals surface area contributed by atoms with Crippen molar-refractivity contribution >= 4 is 39.1 Å². The zero-order valence-electron chi connectivity index (χ0n) is 21.4. The number of rotatable bonds is 7. The van der Waals surface area contributed by atoms with E-state index in [0.717, 1.165) is 28.1 Å². The summed E-state index contributed by atoms with van der Waals surface area (Å²) in [5.41, 5.74) is -0.221. The standard InChI is InChI=1S/C27H25ClF3N3O5S/c1-16-4-3-5-19(12-16)40(37,38)34-10-11-39-24-9-6-17(13-23(24)34)26(36)33-22(15-25(35)32-2)20-14-18(27(29,30)31)7-8-21(20)28/h3-9,12-14,22H,10-11,15H2,1-2H3,(H,32,35)(H,33,36)/t22-/m0/s1. The lowest BCUT2D eigenvalue weighted by molar-refractivity contribution is -0.137. The second kappa shape index (κ2) is 11.4. The number of amides is 2. The van der Waals surface area contributed by atoms with E-state index in [-0.39, 0.29) is 45.6 Å². The van der Waals surface area contributed by atoms with Crippen LogP contribution in [-0.2, 0) is 21.0 Å². The Labute approximate surface area is 234 Å². The molecule has 2 N–H and O–H groups in total. The van der Waals surface area contributed by atoms with Crippen LogP contribution >= 0.6 is 11.6 Å². The number of fused-ring (bicyclic) bond motifs is 1. The van der Waals surface area contributed by atoms with Crippen LogP contribution in [0.1, 0.15) is 39.5 Å². The Morgan fingerprint density at radius 3 is 2.52 bits per heavy atom. The summed E-state index contributed by atoms with van der Waals surface area (Å²) in [6.45, 7) is 1.85. The van der Waals surface area contributed by atoms with Gasteiger partial charge in [0.25, 0.3) is 15.9 Å². The summed E-state index contributed by atoms with van der Waals surface area (Å²) >= 11 is 6.19. The van der Waals surface area contributed by atoms with Gasteiger partial charge < -0.3 is 15.4 Å². The van der Waals surface area contributed by atoms with Gasteiger partial charge in [0, 0.05) is 17.6 Å². The molecule has 0 aromatic heterocycles. The van der Waals surface area contributed by atoms with Crippen molar-refractivity contribution in [3.05, 3.63) is 87.9 Å². The van der Waals surface area contributed by atoms with E-state index < -0.39 is 46.0 Å². The molecule has 212 valence electrons. The first-order chi connectivity index (χ1) is 18.8. The highest BCUT2D eigenvalue weighted by molar-refractivity contribution is 7.92. The van der Waals surface area contributed by atoms with Gasteiger partial charge in [0.2, 0.25) is 5.91 Å². The van der Waals surface area contributed by atoms with Gasteiger partial charge in [-0.15, -0.1) is 0 Å². The number of halogens is 4. The highest BCUT2D eigenvalue weighted by Gasteiger charge is 2.34. The third-order valence-electron chi connectivity index (χ3n) is 6.29. The minimum absolute atomic E-state index is 0.00121. The average molecular weight is 596 g/mol. The lowest BCUT2D eigenvalue weighted by atomic mass is 9.99. The van der Waals surface area contributed by atoms with Crippen LogP contribution in [-0.4, -0.2) is 40.4 Å². The van der Waals surface area contributed by atoms with Crippen molar-refractivity contribution in [3.8, 4) is 5.75 Å². The van der Waals surface area contributed by atoms with Crippen molar-refractivity contribution in [2.75, 3.05) is 24.5 Å². The maximum Gasteiger partial charge on any atom is 0.416 e. The second-order valence-electron chi connectivity index (χ2n) is 9.06. The third-order valence-corrected chi connectivity index (χ3v) is 8.45. The van der Waals surface area contributed by atoms with Crippen LogP contribution in [0.15, 0.2) is 65.6 Å². The van der Waals surface area contributed by atoms with Crippen molar-refractivity contribution in [2.24, 2.45) is 0 Å². The van der Waals surface area contributed by atoms with E-state index in [2.05, 4.69) is 10.6 Å². The summed E-state index contributed by atoms with van der Waals surface area (Å²) in [5, 5.41) is 4.88. The van der Waals surface area contributed by atoms with Gasteiger partial charge in [-0.05, 0) is 66.6 Å². The second-order valence-corrected chi connectivity index (χ2v) is 11.3. The van der Waals surface area contributed by atoms with Crippen molar-refractivity contribution in [2.45, 2.75) is 30.5 Å². The van der Waals surface area contributed by atoms with E-state index in [0.29, 0.717) is 0 Å². The highest BCUT2D eigenvalue weighted by Crippen LogP contribution is 2.37. The molecule has 0 spiro atoms. The summed E-state index contributed by atoms with van der Waals surface area (Å²) in [6, 6.07) is 12.0. The fraction of sp³-hybridized carbons (Fsp3) is 0.259. The van der Waals surface area contributed by atoms with Gasteiger partial charge in [0.05, 0.1) is 35.2 Å². The van der Waals surface area contributed by atoms with Crippen LogP contribution in [0.25, 0.3) is 0 Å². The zero-order valence-corrected chi connectivity index (χ0v) is 23.0. The Balaban J connectivity index is 1.69. The van der Waals surface area contributed by atoms with Crippen molar-refractivity contribution in [3.63, 3.8) is 0 Å². The Kier molecular flexibility index (Phi) is 8.31. The molecule has 4 rings (SSSR count). The summed E-state index contributed by atoms with van der Waals surface area (Å²) in [5.74, 6) is -1.07. The average Bonchev–Trinajstić information content (AvgIpc) is 2.91. The summed E-state index contributed by atoms with van der Waals surface area (Å²) in [7, 11) is -2.66. The van der Waals surface area contributed by atoms with Gasteiger partial charge in [-0.25, -0.2) is 8.42 Å². The molecule has 0 unspecified atom stereocenters. The number of nitrogens with zero attached hydrogens (tertiary/aromatic N) is 1. The summed E-state index contributed by atoms with van der Waals surface area (Å²) in [4.78, 5) is 25.6. The topological polar surface area (TPSA) is 105 Å². The molecule has 1 aliphatic rings. The van der Waals surface area contributed by atoms with E-state index in [1.54, 1.807) is 19.1 Å². The van der Waals surface area contributed by atoms with Crippen LogP contribution in [0.4, 0.5) is 18.9 Å². The normalized spacial score (nSPS) is 14.1. The molecular weight excluding hydrogens is 571 g/mol. The Morgan fingerprint density at radius 2 is 1.85 bits per heavy atom. The van der Waals surface area contributed by atoms with E-state index in [1.165, 1.54) is 37.4 Å². The Morgan fingerprint density at radius 1 is 1.10 bits per heavy atom. The first-order valence-electron chi connectivity index (χ1n) is 12.1. The van der Waals surface area contributed by atoms with Gasteiger partial charge >= 0.3 is 6.18 Å². The van der Waals surface area contributed by atoms with Crippen LogP contribution in [0.2, 0.25) is 5.02 Å². The lowest BCUT2D eigenvalue weighted by Gasteiger charge is -2.31. The number of hydrogen-bond donors (Lipinski definition) is 2. The molecule has 0 aliphatic carbocycles. The Hall–Kier alpha value is -3.77.